The smallest absolute Gasteiger partial charge is 0.344 e. The number of nitrogens with zero attached hydrogens (tertiary/aromatic N) is 1. The first-order valence-corrected chi connectivity index (χ1v) is 9.06. The molecule has 13 heteroatoms. The number of carbonyl (C=O) groups is 3. The number of esters is 2. The molecule has 0 aliphatic heterocycles. The normalized spacial score (nSPS) is 11.3. The molecule has 178 valence electrons. The molecule has 2 aromatic carbocycles. The monoisotopic (exact) mass is 466 g/mol. The van der Waals surface area contributed by atoms with Gasteiger partial charge in [-0.2, -0.15) is 0 Å². The van der Waals surface area contributed by atoms with Crippen molar-refractivity contribution in [2.24, 2.45) is 0 Å². The summed E-state index contributed by atoms with van der Waals surface area (Å²) < 4.78 is 20.1. The summed E-state index contributed by atoms with van der Waals surface area (Å²) in [4.78, 5) is 36.0. The van der Waals surface area contributed by atoms with Crippen molar-refractivity contribution in [1.82, 2.24) is 0 Å². The number of aryl methyl sites for hydroxylation is 1. The molecule has 33 heavy (non-hydrogen) atoms. The number of hydrogen-bond acceptors (Lipinski definition) is 12. The average molecular weight is 466 g/mol. The summed E-state index contributed by atoms with van der Waals surface area (Å²) in [6.45, 7) is 2.56. The van der Waals surface area contributed by atoms with Gasteiger partial charge < -0.3 is 34.3 Å². The molecule has 1 atom stereocenters. The maximum atomic E-state index is 12.5. The van der Waals surface area contributed by atoms with Gasteiger partial charge in [0, 0.05) is 6.07 Å². The lowest BCUT2D eigenvalue weighted by Gasteiger charge is -2.23. The van der Waals surface area contributed by atoms with Crippen LogP contribution in [0.4, 0.5) is 5.69 Å². The Hall–Kier alpha value is -4.23. The largest absolute Gasteiger partial charge is 0.872 e. The Morgan fingerprint density at radius 2 is 1.67 bits per heavy atom. The number of hydrogen-bond donors (Lipinski definition) is 4. The van der Waals surface area contributed by atoms with Crippen molar-refractivity contribution in [2.75, 3.05) is 19.4 Å². The van der Waals surface area contributed by atoms with E-state index < -0.39 is 69.1 Å². The molecule has 2 aromatic rings. The quantitative estimate of drug-likeness (QED) is 0.323. The number of carboxylic acids is 1. The number of methoxy groups -OCH3 is 2. The predicted molar refractivity (Wildman–Crippen MR) is 105 cm³/mol. The first kappa shape index (κ1) is 25.0. The highest BCUT2D eigenvalue weighted by Gasteiger charge is 2.31. The molecule has 0 saturated carbocycles. The SMILES string of the molecule is COC(=O)c1c(Oc2cc(C)cc([O-])c2C(=O)O[C@@H](C)C(=O)O)c(OC)cc(O)c1N(O)O. The third kappa shape index (κ3) is 5.16. The van der Waals surface area contributed by atoms with E-state index in [9.17, 15) is 35.0 Å². The molecule has 0 aliphatic carbocycles. The van der Waals surface area contributed by atoms with Gasteiger partial charge in [0.05, 0.1) is 19.8 Å². The molecule has 0 bridgehead atoms. The average Bonchev–Trinajstić information content (AvgIpc) is 2.72. The lowest BCUT2D eigenvalue weighted by Crippen LogP contribution is -2.24. The van der Waals surface area contributed by atoms with Gasteiger partial charge in [-0.3, -0.25) is 10.4 Å². The second-order valence-corrected chi connectivity index (χ2v) is 6.56. The van der Waals surface area contributed by atoms with Crippen molar-refractivity contribution in [3.8, 4) is 28.7 Å². The van der Waals surface area contributed by atoms with Crippen molar-refractivity contribution in [1.29, 1.82) is 0 Å². The number of aromatic hydroxyl groups is 1. The second kappa shape index (κ2) is 9.93. The molecule has 0 radical (unpaired) electrons. The zero-order valence-electron chi connectivity index (χ0n) is 17.8. The number of carboxylic acid groups (broad SMARTS) is 1. The zero-order chi connectivity index (χ0) is 25.0. The summed E-state index contributed by atoms with van der Waals surface area (Å²) in [5, 5.41) is 50.1. The van der Waals surface area contributed by atoms with E-state index in [2.05, 4.69) is 4.74 Å². The minimum atomic E-state index is -1.59. The van der Waals surface area contributed by atoms with E-state index in [1.165, 1.54) is 13.0 Å². The molecule has 0 unspecified atom stereocenters. The number of aliphatic carboxylic acids is 1. The Bertz CT molecular complexity index is 1100. The highest BCUT2D eigenvalue weighted by atomic mass is 16.8. The summed E-state index contributed by atoms with van der Waals surface area (Å²) in [5.74, 6) is -7.03. The van der Waals surface area contributed by atoms with Crippen LogP contribution in [0.3, 0.4) is 0 Å². The molecular formula is C20H20NO12-. The van der Waals surface area contributed by atoms with Crippen LogP contribution in [0.2, 0.25) is 0 Å². The molecule has 2 rings (SSSR count). The van der Waals surface area contributed by atoms with Crippen LogP contribution in [0, 0.1) is 6.92 Å². The van der Waals surface area contributed by atoms with Crippen LogP contribution in [0.1, 0.15) is 33.2 Å². The summed E-state index contributed by atoms with van der Waals surface area (Å²) in [6.07, 6.45) is -1.59. The van der Waals surface area contributed by atoms with Gasteiger partial charge in [-0.15, -0.1) is 5.23 Å². The molecule has 0 aromatic heterocycles. The molecule has 0 aliphatic rings. The van der Waals surface area contributed by atoms with E-state index in [0.29, 0.717) is 5.56 Å². The summed E-state index contributed by atoms with van der Waals surface area (Å²) in [6, 6.07) is 3.15. The number of carbonyl (C=O) groups excluding carboxylic acids is 2. The molecular weight excluding hydrogens is 446 g/mol. The van der Waals surface area contributed by atoms with Crippen LogP contribution in [0.15, 0.2) is 18.2 Å². The van der Waals surface area contributed by atoms with Crippen LogP contribution in [-0.4, -0.2) is 58.9 Å². The molecule has 0 amide bonds. The van der Waals surface area contributed by atoms with Crippen molar-refractivity contribution >= 4 is 23.6 Å². The number of anilines is 1. The Morgan fingerprint density at radius 3 is 2.18 bits per heavy atom. The first-order chi connectivity index (χ1) is 15.4. The van der Waals surface area contributed by atoms with E-state index in [1.54, 1.807) is 0 Å². The highest BCUT2D eigenvalue weighted by molar-refractivity contribution is 6.02. The van der Waals surface area contributed by atoms with Gasteiger partial charge in [-0.25, -0.2) is 14.4 Å². The predicted octanol–water partition coefficient (Wildman–Crippen LogP) is 1.58. The fourth-order valence-corrected chi connectivity index (χ4v) is 2.75. The zero-order valence-corrected chi connectivity index (χ0v) is 17.8. The maximum Gasteiger partial charge on any atom is 0.344 e. The van der Waals surface area contributed by atoms with Crippen molar-refractivity contribution in [3.05, 3.63) is 34.9 Å². The van der Waals surface area contributed by atoms with Crippen LogP contribution in [0.5, 0.6) is 28.7 Å². The van der Waals surface area contributed by atoms with Crippen molar-refractivity contribution < 1.29 is 59.1 Å². The minimum Gasteiger partial charge on any atom is -0.872 e. The Balaban J connectivity index is 2.77. The lowest BCUT2D eigenvalue weighted by atomic mass is 10.1. The highest BCUT2D eigenvalue weighted by Crippen LogP contribution is 2.46. The second-order valence-electron chi connectivity index (χ2n) is 6.56. The van der Waals surface area contributed by atoms with Gasteiger partial charge in [0.25, 0.3) is 0 Å². The van der Waals surface area contributed by atoms with Crippen molar-refractivity contribution in [2.45, 2.75) is 20.0 Å². The number of phenols is 1. The fourth-order valence-electron chi connectivity index (χ4n) is 2.75. The molecule has 0 saturated heterocycles. The third-order valence-corrected chi connectivity index (χ3v) is 4.27. The summed E-state index contributed by atoms with van der Waals surface area (Å²) in [7, 11) is 2.10. The van der Waals surface area contributed by atoms with Gasteiger partial charge in [0.15, 0.2) is 23.3 Å². The molecule has 13 nitrogen and oxygen atoms in total. The van der Waals surface area contributed by atoms with Gasteiger partial charge in [0.1, 0.15) is 17.1 Å². The van der Waals surface area contributed by atoms with Crippen molar-refractivity contribution in [3.63, 3.8) is 0 Å². The van der Waals surface area contributed by atoms with Gasteiger partial charge in [-0.1, -0.05) is 11.8 Å². The Kier molecular flexibility index (Phi) is 7.53. The molecule has 4 N–H and O–H groups in total. The Labute approximate surface area is 186 Å². The lowest BCUT2D eigenvalue weighted by molar-refractivity contribution is -0.269. The van der Waals surface area contributed by atoms with Gasteiger partial charge in [-0.05, 0) is 25.5 Å². The first-order valence-electron chi connectivity index (χ1n) is 9.06. The van der Waals surface area contributed by atoms with Crippen LogP contribution >= 0.6 is 0 Å². The Morgan fingerprint density at radius 1 is 1.03 bits per heavy atom. The number of ether oxygens (including phenoxy) is 4. The van der Waals surface area contributed by atoms with E-state index >= 15 is 0 Å². The fraction of sp³-hybridized carbons (Fsp3) is 0.250. The van der Waals surface area contributed by atoms with E-state index in [0.717, 1.165) is 33.3 Å². The molecule has 0 spiro atoms. The van der Waals surface area contributed by atoms with E-state index in [-0.39, 0.29) is 5.75 Å². The number of rotatable bonds is 8. The number of benzene rings is 2. The molecule has 0 fully saturated rings. The standard InChI is InChI=1S/C20H21NO12/c1-8-5-10(22)14(20(27)32-9(2)18(24)25)12(6-8)33-17-13(30-3)7-11(23)16(21(28)29)15(17)19(26)31-4/h5-7,9,22-23,28-29H,1-4H3,(H,24,25)/p-1/t9-/m0/s1. The summed E-state index contributed by atoms with van der Waals surface area (Å²) in [5.41, 5.74) is -1.96. The molecule has 0 heterocycles. The topological polar surface area (TPSA) is 195 Å². The van der Waals surface area contributed by atoms with Gasteiger partial charge >= 0.3 is 17.9 Å². The van der Waals surface area contributed by atoms with Crippen LogP contribution in [-0.2, 0) is 14.3 Å². The minimum absolute atomic E-state index is 0.314. The third-order valence-electron chi connectivity index (χ3n) is 4.27. The maximum absolute atomic E-state index is 12.5. The van der Waals surface area contributed by atoms with Crippen LogP contribution in [0.25, 0.3) is 0 Å². The van der Waals surface area contributed by atoms with E-state index in [1.807, 2.05) is 0 Å². The summed E-state index contributed by atoms with van der Waals surface area (Å²) >= 11 is 0. The van der Waals surface area contributed by atoms with Gasteiger partial charge in [0.2, 0.25) is 0 Å². The number of phenolic OH excluding ortho intramolecular Hbond substituents is 1. The van der Waals surface area contributed by atoms with E-state index in [4.69, 9.17) is 19.3 Å². The van der Waals surface area contributed by atoms with Crippen LogP contribution < -0.4 is 19.8 Å².